The van der Waals surface area contributed by atoms with Crippen LogP contribution in [0, 0.1) is 6.92 Å². The van der Waals surface area contributed by atoms with Crippen LogP contribution in [0.1, 0.15) is 35.8 Å². The van der Waals surface area contributed by atoms with Gasteiger partial charge in [0.05, 0.1) is 3.79 Å². The number of rotatable bonds is 6. The summed E-state index contributed by atoms with van der Waals surface area (Å²) in [6, 6.07) is 13.9. The molecule has 0 bridgehead atoms. The Kier molecular flexibility index (Phi) is 5.82. The topological polar surface area (TPSA) is 12.0 Å². The van der Waals surface area contributed by atoms with Crippen molar-refractivity contribution in [2.45, 2.75) is 39.2 Å². The highest BCUT2D eigenvalue weighted by atomic mass is 79.9. The minimum atomic E-state index is 0.526. The zero-order valence-corrected chi connectivity index (χ0v) is 14.7. The van der Waals surface area contributed by atoms with Crippen molar-refractivity contribution < 1.29 is 0 Å². The van der Waals surface area contributed by atoms with Crippen LogP contribution in [0.2, 0.25) is 0 Å². The van der Waals surface area contributed by atoms with E-state index in [9.17, 15) is 0 Å². The largest absolute Gasteiger partial charge is 0.314 e. The Hall–Kier alpha value is -0.640. The summed E-state index contributed by atoms with van der Waals surface area (Å²) in [4.78, 5) is 1.44. The Labute approximate surface area is 134 Å². The summed E-state index contributed by atoms with van der Waals surface area (Å²) in [5, 5.41) is 3.58. The third-order valence-electron chi connectivity index (χ3n) is 3.40. The SMILES string of the molecule is Cc1ccc(C(CNC(C)C)Cc2ccc(Br)s2)cc1. The Balaban J connectivity index is 2.13. The van der Waals surface area contributed by atoms with Gasteiger partial charge in [-0.1, -0.05) is 43.7 Å². The van der Waals surface area contributed by atoms with Crippen molar-refractivity contribution in [3.05, 3.63) is 56.2 Å². The summed E-state index contributed by atoms with van der Waals surface area (Å²) in [5.74, 6) is 0.531. The highest BCUT2D eigenvalue weighted by Gasteiger charge is 2.14. The molecule has 3 heteroatoms. The standard InChI is InChI=1S/C17H22BrNS/c1-12(2)19-11-15(10-16-8-9-17(18)20-16)14-6-4-13(3)5-7-14/h4-9,12,15,19H,10-11H2,1-3H3. The molecule has 0 fully saturated rings. The van der Waals surface area contributed by atoms with Gasteiger partial charge >= 0.3 is 0 Å². The van der Waals surface area contributed by atoms with Crippen LogP contribution < -0.4 is 5.32 Å². The lowest BCUT2D eigenvalue weighted by Gasteiger charge is -2.19. The molecule has 0 radical (unpaired) electrons. The number of benzene rings is 1. The summed E-state index contributed by atoms with van der Waals surface area (Å²) in [5.41, 5.74) is 2.75. The van der Waals surface area contributed by atoms with Crippen molar-refractivity contribution in [3.63, 3.8) is 0 Å². The fourth-order valence-electron chi connectivity index (χ4n) is 2.23. The van der Waals surface area contributed by atoms with E-state index < -0.39 is 0 Å². The lowest BCUT2D eigenvalue weighted by molar-refractivity contribution is 0.528. The predicted octanol–water partition coefficient (Wildman–Crippen LogP) is 5.14. The maximum atomic E-state index is 3.58. The maximum Gasteiger partial charge on any atom is 0.0701 e. The van der Waals surface area contributed by atoms with E-state index in [4.69, 9.17) is 0 Å². The highest BCUT2D eigenvalue weighted by Crippen LogP contribution is 2.28. The molecule has 1 heterocycles. The second-order valence-electron chi connectivity index (χ2n) is 5.58. The first kappa shape index (κ1) is 15.7. The average molecular weight is 352 g/mol. The first-order valence-electron chi connectivity index (χ1n) is 7.08. The Morgan fingerprint density at radius 1 is 1.10 bits per heavy atom. The summed E-state index contributed by atoms with van der Waals surface area (Å²) in [6.45, 7) is 7.57. The van der Waals surface area contributed by atoms with Gasteiger partial charge in [0, 0.05) is 23.4 Å². The molecule has 0 saturated carbocycles. The molecule has 0 spiro atoms. The van der Waals surface area contributed by atoms with Crippen LogP contribution in [0.5, 0.6) is 0 Å². The summed E-state index contributed by atoms with van der Waals surface area (Å²) in [7, 11) is 0. The summed E-state index contributed by atoms with van der Waals surface area (Å²) >= 11 is 5.39. The first-order chi connectivity index (χ1) is 9.54. The fourth-order valence-corrected chi connectivity index (χ4v) is 3.79. The minimum Gasteiger partial charge on any atom is -0.314 e. The second-order valence-corrected chi connectivity index (χ2v) is 8.13. The van der Waals surface area contributed by atoms with E-state index in [0.717, 1.165) is 13.0 Å². The molecule has 0 aliphatic rings. The molecule has 108 valence electrons. The molecule has 1 aromatic heterocycles. The Morgan fingerprint density at radius 2 is 1.80 bits per heavy atom. The number of halogens is 1. The van der Waals surface area contributed by atoms with Gasteiger partial charge in [0.2, 0.25) is 0 Å². The average Bonchev–Trinajstić information content (AvgIpc) is 2.81. The van der Waals surface area contributed by atoms with Gasteiger partial charge in [0.15, 0.2) is 0 Å². The molecule has 2 rings (SSSR count). The van der Waals surface area contributed by atoms with Gasteiger partial charge in [0.25, 0.3) is 0 Å². The van der Waals surface area contributed by atoms with Crippen molar-refractivity contribution in [2.24, 2.45) is 0 Å². The van der Waals surface area contributed by atoms with E-state index in [0.29, 0.717) is 12.0 Å². The lowest BCUT2D eigenvalue weighted by atomic mass is 9.94. The third kappa shape index (κ3) is 4.72. The minimum absolute atomic E-state index is 0.526. The van der Waals surface area contributed by atoms with Crippen LogP contribution in [-0.2, 0) is 6.42 Å². The zero-order valence-electron chi connectivity index (χ0n) is 12.3. The van der Waals surface area contributed by atoms with Gasteiger partial charge in [0.1, 0.15) is 0 Å². The second kappa shape index (κ2) is 7.39. The van der Waals surface area contributed by atoms with Crippen LogP contribution >= 0.6 is 27.3 Å². The van der Waals surface area contributed by atoms with Crippen molar-refractivity contribution in [3.8, 4) is 0 Å². The number of hydrogen-bond acceptors (Lipinski definition) is 2. The molecule has 1 atom stereocenters. The number of thiophene rings is 1. The normalized spacial score (nSPS) is 12.8. The van der Waals surface area contributed by atoms with Gasteiger partial charge in [-0.15, -0.1) is 11.3 Å². The molecule has 0 saturated heterocycles. The molecular formula is C17H22BrNS. The highest BCUT2D eigenvalue weighted by molar-refractivity contribution is 9.11. The van der Waals surface area contributed by atoms with Crippen molar-refractivity contribution in [2.75, 3.05) is 6.54 Å². The van der Waals surface area contributed by atoms with E-state index in [1.54, 1.807) is 0 Å². The molecule has 0 aliphatic carbocycles. The van der Waals surface area contributed by atoms with Gasteiger partial charge in [-0.05, 0) is 47.0 Å². The van der Waals surface area contributed by atoms with Crippen molar-refractivity contribution in [1.82, 2.24) is 5.32 Å². The van der Waals surface area contributed by atoms with Crippen molar-refractivity contribution in [1.29, 1.82) is 0 Å². The van der Waals surface area contributed by atoms with Gasteiger partial charge in [-0.25, -0.2) is 0 Å². The Morgan fingerprint density at radius 3 is 2.35 bits per heavy atom. The molecule has 1 N–H and O–H groups in total. The van der Waals surface area contributed by atoms with E-state index in [2.05, 4.69) is 78.4 Å². The van der Waals surface area contributed by atoms with Crippen LogP contribution in [0.15, 0.2) is 40.2 Å². The number of aryl methyl sites for hydroxylation is 1. The monoisotopic (exact) mass is 351 g/mol. The molecular weight excluding hydrogens is 330 g/mol. The van der Waals surface area contributed by atoms with E-state index in [1.165, 1.54) is 19.8 Å². The molecule has 2 aromatic rings. The lowest BCUT2D eigenvalue weighted by Crippen LogP contribution is -2.28. The van der Waals surface area contributed by atoms with Gasteiger partial charge in [-0.3, -0.25) is 0 Å². The van der Waals surface area contributed by atoms with E-state index >= 15 is 0 Å². The maximum absolute atomic E-state index is 3.58. The molecule has 0 aliphatic heterocycles. The summed E-state index contributed by atoms with van der Waals surface area (Å²) < 4.78 is 1.21. The summed E-state index contributed by atoms with van der Waals surface area (Å²) in [6.07, 6.45) is 1.10. The smallest absolute Gasteiger partial charge is 0.0701 e. The zero-order chi connectivity index (χ0) is 14.5. The number of hydrogen-bond donors (Lipinski definition) is 1. The van der Waals surface area contributed by atoms with Crippen LogP contribution in [-0.4, -0.2) is 12.6 Å². The third-order valence-corrected chi connectivity index (χ3v) is 5.04. The quantitative estimate of drug-likeness (QED) is 0.759. The molecule has 1 unspecified atom stereocenters. The van der Waals surface area contributed by atoms with Crippen LogP contribution in [0.25, 0.3) is 0 Å². The number of nitrogens with one attached hydrogen (secondary N) is 1. The molecule has 1 aromatic carbocycles. The fraction of sp³-hybridized carbons (Fsp3) is 0.412. The van der Waals surface area contributed by atoms with E-state index in [-0.39, 0.29) is 0 Å². The van der Waals surface area contributed by atoms with Gasteiger partial charge < -0.3 is 5.32 Å². The molecule has 0 amide bonds. The van der Waals surface area contributed by atoms with Crippen LogP contribution in [0.4, 0.5) is 0 Å². The van der Waals surface area contributed by atoms with E-state index in [1.807, 2.05) is 11.3 Å². The van der Waals surface area contributed by atoms with Gasteiger partial charge in [-0.2, -0.15) is 0 Å². The Bertz CT molecular complexity index is 530. The molecule has 20 heavy (non-hydrogen) atoms. The van der Waals surface area contributed by atoms with Crippen molar-refractivity contribution >= 4 is 27.3 Å². The first-order valence-corrected chi connectivity index (χ1v) is 8.69. The predicted molar refractivity (Wildman–Crippen MR) is 92.8 cm³/mol. The van der Waals surface area contributed by atoms with Crippen LogP contribution in [0.3, 0.4) is 0 Å². The molecule has 1 nitrogen and oxygen atoms in total.